The second-order valence-electron chi connectivity index (χ2n) is 4.77. The average molecular weight is 246 g/mol. The number of hydrogen-bond donors (Lipinski definition) is 1. The number of piperazine rings is 1. The van der Waals surface area contributed by atoms with Crippen LogP contribution in [0.5, 0.6) is 0 Å². The normalized spacial score (nSPS) is 17.2. The fraction of sp³-hybridized carbons (Fsp3) is 0.462. The van der Waals surface area contributed by atoms with E-state index in [2.05, 4.69) is 15.4 Å². The molecule has 3 rings (SSSR count). The van der Waals surface area contributed by atoms with Gasteiger partial charge in [0.1, 0.15) is 0 Å². The van der Waals surface area contributed by atoms with E-state index in [1.807, 2.05) is 36.1 Å². The zero-order valence-corrected chi connectivity index (χ0v) is 10.6. The van der Waals surface area contributed by atoms with Crippen LogP contribution in [-0.2, 0) is 13.6 Å². The van der Waals surface area contributed by atoms with Gasteiger partial charge in [0, 0.05) is 63.8 Å². The molecule has 0 aromatic carbocycles. The molecule has 0 radical (unpaired) electrons. The largest absolute Gasteiger partial charge is 0.357 e. The molecule has 1 saturated heterocycles. The molecule has 18 heavy (non-hydrogen) atoms. The molecule has 1 N–H and O–H groups in total. The van der Waals surface area contributed by atoms with Crippen LogP contribution in [0.3, 0.4) is 0 Å². The van der Waals surface area contributed by atoms with Gasteiger partial charge >= 0.3 is 0 Å². The van der Waals surface area contributed by atoms with Gasteiger partial charge < -0.3 is 14.4 Å². The number of hydrogen-bond acceptors (Lipinski definition) is 4. The number of aromatic nitrogens is 2. The molecule has 5 heteroatoms. The van der Waals surface area contributed by atoms with Crippen LogP contribution in [-0.4, -0.2) is 40.8 Å². The lowest BCUT2D eigenvalue weighted by Gasteiger charge is -2.25. The third-order valence-electron chi connectivity index (χ3n) is 3.27. The Kier molecular flexibility index (Phi) is 3.17. The van der Waals surface area contributed by atoms with Gasteiger partial charge in [-0.15, -0.1) is 0 Å². The fourth-order valence-corrected chi connectivity index (χ4v) is 2.27. The third kappa shape index (κ3) is 2.47. The van der Waals surface area contributed by atoms with Crippen molar-refractivity contribution in [3.05, 3.63) is 30.2 Å². The van der Waals surface area contributed by atoms with Gasteiger partial charge in [0.05, 0.1) is 5.69 Å². The topological polar surface area (TPSA) is 46.2 Å². The van der Waals surface area contributed by atoms with Crippen molar-refractivity contribution >= 4 is 0 Å². The van der Waals surface area contributed by atoms with Gasteiger partial charge in [0.15, 0.2) is 5.76 Å². The van der Waals surface area contributed by atoms with E-state index in [9.17, 15) is 0 Å². The predicted molar refractivity (Wildman–Crippen MR) is 69.1 cm³/mol. The van der Waals surface area contributed by atoms with Crippen LogP contribution < -0.4 is 5.32 Å². The summed E-state index contributed by atoms with van der Waals surface area (Å²) in [6.07, 6.45) is 4.04. The molecule has 3 heterocycles. The van der Waals surface area contributed by atoms with Crippen LogP contribution in [0, 0.1) is 0 Å². The van der Waals surface area contributed by atoms with Crippen molar-refractivity contribution in [2.75, 3.05) is 26.2 Å². The van der Waals surface area contributed by atoms with Gasteiger partial charge in [-0.1, -0.05) is 5.16 Å². The molecule has 0 atom stereocenters. The Labute approximate surface area is 106 Å². The molecule has 1 fully saturated rings. The van der Waals surface area contributed by atoms with E-state index in [-0.39, 0.29) is 0 Å². The van der Waals surface area contributed by atoms with E-state index >= 15 is 0 Å². The maximum absolute atomic E-state index is 5.40. The Bertz CT molecular complexity index is 511. The molecule has 5 nitrogen and oxygen atoms in total. The molecule has 1 aliphatic heterocycles. The van der Waals surface area contributed by atoms with Crippen LogP contribution in [0.15, 0.2) is 29.0 Å². The molecule has 2 aromatic rings. The van der Waals surface area contributed by atoms with E-state index in [4.69, 9.17) is 4.52 Å². The van der Waals surface area contributed by atoms with Crippen molar-refractivity contribution in [1.29, 1.82) is 0 Å². The number of rotatable bonds is 3. The first-order chi connectivity index (χ1) is 8.81. The van der Waals surface area contributed by atoms with Crippen molar-refractivity contribution in [3.8, 4) is 11.3 Å². The lowest BCUT2D eigenvalue weighted by Crippen LogP contribution is -2.42. The maximum Gasteiger partial charge on any atom is 0.168 e. The summed E-state index contributed by atoms with van der Waals surface area (Å²) >= 11 is 0. The highest BCUT2D eigenvalue weighted by Crippen LogP contribution is 2.20. The Morgan fingerprint density at radius 1 is 1.39 bits per heavy atom. The molecular weight excluding hydrogens is 228 g/mol. The van der Waals surface area contributed by atoms with Crippen LogP contribution in [0.1, 0.15) is 5.69 Å². The summed E-state index contributed by atoms with van der Waals surface area (Å²) in [7, 11) is 2.00. The summed E-state index contributed by atoms with van der Waals surface area (Å²) in [5.41, 5.74) is 2.09. The first-order valence-electron chi connectivity index (χ1n) is 6.32. The number of nitrogens with zero attached hydrogens (tertiary/aromatic N) is 3. The monoisotopic (exact) mass is 246 g/mol. The summed E-state index contributed by atoms with van der Waals surface area (Å²) in [4.78, 5) is 2.39. The number of aryl methyl sites for hydroxylation is 1. The minimum absolute atomic E-state index is 0.848. The van der Waals surface area contributed by atoms with E-state index in [1.54, 1.807) is 0 Å². The lowest BCUT2D eigenvalue weighted by atomic mass is 10.2. The van der Waals surface area contributed by atoms with Gasteiger partial charge in [0.2, 0.25) is 0 Å². The zero-order valence-electron chi connectivity index (χ0n) is 10.6. The Morgan fingerprint density at radius 3 is 2.94 bits per heavy atom. The number of nitrogens with one attached hydrogen (secondary N) is 1. The molecule has 0 amide bonds. The molecule has 0 bridgehead atoms. The van der Waals surface area contributed by atoms with Gasteiger partial charge in [-0.25, -0.2) is 0 Å². The summed E-state index contributed by atoms with van der Waals surface area (Å²) in [6, 6.07) is 4.08. The SMILES string of the molecule is Cn1ccc(-c2cc(CN3CCNCC3)no2)c1. The lowest BCUT2D eigenvalue weighted by molar-refractivity contribution is 0.227. The van der Waals surface area contributed by atoms with Gasteiger partial charge in [-0.3, -0.25) is 4.90 Å². The molecule has 0 aliphatic carbocycles. The fourth-order valence-electron chi connectivity index (χ4n) is 2.27. The van der Waals surface area contributed by atoms with Crippen molar-refractivity contribution in [3.63, 3.8) is 0 Å². The van der Waals surface area contributed by atoms with Gasteiger partial charge in [-0.05, 0) is 6.07 Å². The van der Waals surface area contributed by atoms with E-state index < -0.39 is 0 Å². The van der Waals surface area contributed by atoms with Crippen molar-refractivity contribution in [2.24, 2.45) is 7.05 Å². The standard InChI is InChI=1S/C13H18N4O/c1-16-5-2-11(9-16)13-8-12(15-18-13)10-17-6-3-14-4-7-17/h2,5,8-9,14H,3-4,6-7,10H2,1H3. The molecule has 2 aromatic heterocycles. The van der Waals surface area contributed by atoms with E-state index in [0.717, 1.165) is 49.7 Å². The maximum atomic E-state index is 5.40. The zero-order chi connectivity index (χ0) is 12.4. The van der Waals surface area contributed by atoms with Gasteiger partial charge in [0.25, 0.3) is 0 Å². The highest BCUT2D eigenvalue weighted by Gasteiger charge is 2.13. The highest BCUT2D eigenvalue weighted by atomic mass is 16.5. The Balaban J connectivity index is 1.69. The van der Waals surface area contributed by atoms with Crippen molar-refractivity contribution in [2.45, 2.75) is 6.54 Å². The summed E-state index contributed by atoms with van der Waals surface area (Å²) in [6.45, 7) is 5.14. The molecular formula is C13H18N4O. The Morgan fingerprint density at radius 2 is 2.22 bits per heavy atom. The van der Waals surface area contributed by atoms with Crippen molar-refractivity contribution in [1.82, 2.24) is 19.9 Å². The van der Waals surface area contributed by atoms with Crippen molar-refractivity contribution < 1.29 is 4.52 Å². The minimum Gasteiger partial charge on any atom is -0.357 e. The predicted octanol–water partition coefficient (Wildman–Crippen LogP) is 1.09. The molecule has 1 aliphatic rings. The molecule has 0 saturated carbocycles. The Hall–Kier alpha value is -1.59. The quantitative estimate of drug-likeness (QED) is 0.880. The third-order valence-corrected chi connectivity index (χ3v) is 3.27. The molecule has 0 spiro atoms. The van der Waals surface area contributed by atoms with Crippen LogP contribution in [0.25, 0.3) is 11.3 Å². The van der Waals surface area contributed by atoms with E-state index in [1.165, 1.54) is 0 Å². The smallest absolute Gasteiger partial charge is 0.168 e. The van der Waals surface area contributed by atoms with Gasteiger partial charge in [-0.2, -0.15) is 0 Å². The van der Waals surface area contributed by atoms with Crippen LogP contribution >= 0.6 is 0 Å². The molecule has 96 valence electrons. The van der Waals surface area contributed by atoms with Crippen LogP contribution in [0.2, 0.25) is 0 Å². The summed E-state index contributed by atoms with van der Waals surface area (Å²) in [5, 5.41) is 7.50. The van der Waals surface area contributed by atoms with Crippen LogP contribution in [0.4, 0.5) is 0 Å². The highest BCUT2D eigenvalue weighted by molar-refractivity contribution is 5.56. The molecule has 0 unspecified atom stereocenters. The minimum atomic E-state index is 0.848. The summed E-state index contributed by atoms with van der Waals surface area (Å²) < 4.78 is 7.41. The first-order valence-corrected chi connectivity index (χ1v) is 6.32. The summed E-state index contributed by atoms with van der Waals surface area (Å²) in [5.74, 6) is 0.848. The first kappa shape index (κ1) is 11.5. The second kappa shape index (κ2) is 4.96. The average Bonchev–Trinajstić information content (AvgIpc) is 2.99. The second-order valence-corrected chi connectivity index (χ2v) is 4.77. The van der Waals surface area contributed by atoms with E-state index in [0.29, 0.717) is 0 Å².